The molecule has 3 aromatic carbocycles. The minimum absolute atomic E-state index is 0.0816. The van der Waals surface area contributed by atoms with E-state index in [0.717, 1.165) is 17.7 Å². The maximum absolute atomic E-state index is 15.1. The van der Waals surface area contributed by atoms with E-state index in [4.69, 9.17) is 9.47 Å². The number of nitrogens with zero attached hydrogens (tertiary/aromatic N) is 2. The van der Waals surface area contributed by atoms with E-state index in [9.17, 15) is 24.3 Å². The lowest BCUT2D eigenvalue weighted by atomic mass is 9.49. The van der Waals surface area contributed by atoms with Gasteiger partial charge in [-0.05, 0) is 61.1 Å². The average molecular weight is 636 g/mol. The molecule has 6 atom stereocenters. The van der Waals surface area contributed by atoms with E-state index < -0.39 is 64.7 Å². The van der Waals surface area contributed by atoms with E-state index in [-0.39, 0.29) is 24.3 Å². The highest BCUT2D eigenvalue weighted by Crippen LogP contribution is 2.64. The van der Waals surface area contributed by atoms with Crippen LogP contribution in [0.1, 0.15) is 35.4 Å². The van der Waals surface area contributed by atoms with Gasteiger partial charge < -0.3 is 14.6 Å². The molecule has 240 valence electrons. The fourth-order valence-corrected chi connectivity index (χ4v) is 8.27. The first-order valence-corrected chi connectivity index (χ1v) is 15.4. The maximum Gasteiger partial charge on any atom is 0.423 e. The van der Waals surface area contributed by atoms with Gasteiger partial charge in [-0.15, -0.1) is 0 Å². The van der Waals surface area contributed by atoms with Crippen LogP contribution in [0.25, 0.3) is 0 Å². The first-order chi connectivity index (χ1) is 22.6. The summed E-state index contributed by atoms with van der Waals surface area (Å²) in [5.41, 5.74) is 5.05. The number of ether oxygens (including phenoxy) is 2. The van der Waals surface area contributed by atoms with Crippen LogP contribution in [-0.2, 0) is 29.3 Å². The molecular weight excluding hydrogens is 602 g/mol. The van der Waals surface area contributed by atoms with Crippen LogP contribution in [0.5, 0.6) is 11.5 Å². The van der Waals surface area contributed by atoms with Gasteiger partial charge in [0, 0.05) is 5.92 Å². The standard InChI is InChI=1S/C36H33N3O8/c1-19-9-12-22(13-10-19)37-39-32(42)26-18-25-23(14-15-24-29(25)33(43)38(31(24)41)35(45)47-3)30(20-11-16-27(40)28(17-20)46-2)36(26,34(39)44)21-7-5-4-6-8-21/h4-14,16-17,24-26,29-30,37,40H,15,18H2,1-3H3/t24-,25+,26-,29-,30-,36+/m0/s1. The summed E-state index contributed by atoms with van der Waals surface area (Å²) >= 11 is 0. The first-order valence-electron chi connectivity index (χ1n) is 15.4. The molecule has 11 nitrogen and oxygen atoms in total. The zero-order chi connectivity index (χ0) is 33.2. The lowest BCUT2D eigenvalue weighted by Crippen LogP contribution is -2.53. The minimum Gasteiger partial charge on any atom is -0.504 e. The summed E-state index contributed by atoms with van der Waals surface area (Å²) in [6.07, 6.45) is 1.07. The van der Waals surface area contributed by atoms with E-state index in [0.29, 0.717) is 27.3 Å². The Bertz CT molecular complexity index is 1860. The summed E-state index contributed by atoms with van der Waals surface area (Å²) in [4.78, 5) is 70.1. The first kappa shape index (κ1) is 30.2. The molecule has 2 aliphatic heterocycles. The second-order valence-corrected chi connectivity index (χ2v) is 12.5. The fraction of sp³-hybridized carbons (Fsp3) is 0.306. The van der Waals surface area contributed by atoms with Gasteiger partial charge in [0.2, 0.25) is 11.8 Å². The Kier molecular flexibility index (Phi) is 7.14. The van der Waals surface area contributed by atoms with Crippen LogP contribution in [0.4, 0.5) is 10.5 Å². The van der Waals surface area contributed by atoms with Crippen molar-refractivity contribution in [1.29, 1.82) is 0 Å². The smallest absolute Gasteiger partial charge is 0.423 e. The zero-order valence-corrected chi connectivity index (χ0v) is 26.0. The van der Waals surface area contributed by atoms with Crippen molar-refractivity contribution >= 4 is 35.4 Å². The van der Waals surface area contributed by atoms with Crippen molar-refractivity contribution in [3.8, 4) is 11.5 Å². The van der Waals surface area contributed by atoms with Gasteiger partial charge in [0.25, 0.3) is 11.8 Å². The molecule has 47 heavy (non-hydrogen) atoms. The van der Waals surface area contributed by atoms with Crippen LogP contribution in [-0.4, -0.2) is 59.0 Å². The Morgan fingerprint density at radius 3 is 2.32 bits per heavy atom. The van der Waals surface area contributed by atoms with Gasteiger partial charge in [0.15, 0.2) is 11.5 Å². The van der Waals surface area contributed by atoms with E-state index in [1.54, 1.807) is 24.3 Å². The summed E-state index contributed by atoms with van der Waals surface area (Å²) in [6, 6.07) is 21.2. The summed E-state index contributed by atoms with van der Waals surface area (Å²) < 4.78 is 10.2. The topological polar surface area (TPSA) is 143 Å². The molecule has 2 aliphatic carbocycles. The molecule has 2 heterocycles. The van der Waals surface area contributed by atoms with Crippen molar-refractivity contribution in [1.82, 2.24) is 9.91 Å². The summed E-state index contributed by atoms with van der Waals surface area (Å²) in [5, 5.41) is 11.6. The molecule has 11 heteroatoms. The number of nitrogens with one attached hydrogen (secondary N) is 1. The Hall–Kier alpha value is -5.45. The average Bonchev–Trinajstić information content (AvgIpc) is 3.47. The number of fused-ring (bicyclic) bond motifs is 4. The normalized spacial score (nSPS) is 28.0. The molecule has 1 saturated carbocycles. The third-order valence-electron chi connectivity index (χ3n) is 10.3. The number of hydrogen-bond acceptors (Lipinski definition) is 9. The van der Waals surface area contributed by atoms with Gasteiger partial charge in [-0.2, -0.15) is 9.91 Å². The Balaban J connectivity index is 1.45. The summed E-state index contributed by atoms with van der Waals surface area (Å²) in [5.74, 6) is -6.35. The quantitative estimate of drug-likeness (QED) is 0.307. The van der Waals surface area contributed by atoms with Gasteiger partial charge in [0.05, 0.1) is 43.1 Å². The lowest BCUT2D eigenvalue weighted by molar-refractivity contribution is -0.140. The van der Waals surface area contributed by atoms with Crippen LogP contribution in [0.2, 0.25) is 0 Å². The van der Waals surface area contributed by atoms with Crippen LogP contribution >= 0.6 is 0 Å². The minimum atomic E-state index is -1.47. The second-order valence-electron chi connectivity index (χ2n) is 12.5. The molecule has 0 aromatic heterocycles. The number of benzene rings is 3. The third kappa shape index (κ3) is 4.29. The van der Waals surface area contributed by atoms with Crippen molar-refractivity contribution < 1.29 is 38.6 Å². The van der Waals surface area contributed by atoms with E-state index in [2.05, 4.69) is 5.43 Å². The summed E-state index contributed by atoms with van der Waals surface area (Å²) in [7, 11) is 2.53. The molecule has 0 spiro atoms. The number of carbonyl (C=O) groups excluding carboxylic acids is 5. The number of hydrazine groups is 1. The van der Waals surface area contributed by atoms with Crippen molar-refractivity contribution in [2.75, 3.05) is 19.6 Å². The number of methoxy groups -OCH3 is 2. The lowest BCUT2D eigenvalue weighted by Gasteiger charge is -2.50. The number of anilines is 1. The molecule has 0 unspecified atom stereocenters. The SMILES string of the molecule is COC(=O)N1C(=O)[C@H]2[C@H](CC=C3[C@H]2C[C@H]2C(=O)N(Nc4ccc(C)cc4)C(=O)[C@@]2(c2ccccc2)[C@H]3c2ccc(O)c(OC)c2)C1=O. The van der Waals surface area contributed by atoms with Crippen molar-refractivity contribution in [3.63, 3.8) is 0 Å². The van der Waals surface area contributed by atoms with Gasteiger partial charge in [-0.1, -0.05) is 65.7 Å². The number of phenolic OH excluding ortho intramolecular Hbond substituents is 1. The molecule has 3 fully saturated rings. The van der Waals surface area contributed by atoms with E-state index in [1.807, 2.05) is 55.5 Å². The second kappa shape index (κ2) is 11.1. The van der Waals surface area contributed by atoms with Crippen LogP contribution in [0, 0.1) is 30.6 Å². The van der Waals surface area contributed by atoms with Gasteiger partial charge in [-0.3, -0.25) is 24.6 Å². The van der Waals surface area contributed by atoms with Crippen LogP contribution in [0.15, 0.2) is 84.4 Å². The van der Waals surface area contributed by atoms with Gasteiger partial charge in [-0.25, -0.2) is 4.79 Å². The highest BCUT2D eigenvalue weighted by molar-refractivity contribution is 6.16. The number of aromatic hydroxyl groups is 1. The summed E-state index contributed by atoms with van der Waals surface area (Å²) in [6.45, 7) is 1.94. The molecule has 0 radical (unpaired) electrons. The number of allylic oxidation sites excluding steroid dienone is 2. The van der Waals surface area contributed by atoms with Gasteiger partial charge in [0.1, 0.15) is 0 Å². The number of likely N-dealkylation sites (tertiary alicyclic amines) is 1. The number of carbonyl (C=O) groups is 5. The van der Waals surface area contributed by atoms with E-state index in [1.165, 1.54) is 13.2 Å². The number of amides is 5. The molecule has 3 aromatic rings. The van der Waals surface area contributed by atoms with Crippen molar-refractivity contribution in [2.24, 2.45) is 23.7 Å². The predicted octanol–water partition coefficient (Wildman–Crippen LogP) is 4.46. The van der Waals surface area contributed by atoms with E-state index >= 15 is 4.79 Å². The molecule has 2 saturated heterocycles. The number of hydrogen-bond donors (Lipinski definition) is 2. The predicted molar refractivity (Wildman–Crippen MR) is 168 cm³/mol. The van der Waals surface area contributed by atoms with Crippen LogP contribution in [0.3, 0.4) is 0 Å². The highest BCUT2D eigenvalue weighted by atomic mass is 16.5. The van der Waals surface area contributed by atoms with Crippen molar-refractivity contribution in [3.05, 3.63) is 101 Å². The maximum atomic E-state index is 15.1. The number of rotatable bonds is 5. The highest BCUT2D eigenvalue weighted by Gasteiger charge is 2.70. The zero-order valence-electron chi connectivity index (χ0n) is 26.0. The Morgan fingerprint density at radius 2 is 1.64 bits per heavy atom. The molecular formula is C36H33N3O8. The number of aryl methyl sites for hydroxylation is 1. The molecule has 2 N–H and O–H groups in total. The fourth-order valence-electron chi connectivity index (χ4n) is 8.27. The molecule has 0 bridgehead atoms. The largest absolute Gasteiger partial charge is 0.504 e. The number of imide groups is 4. The van der Waals surface area contributed by atoms with Gasteiger partial charge >= 0.3 is 6.09 Å². The Labute approximate surface area is 270 Å². The number of phenols is 1. The van der Waals surface area contributed by atoms with Crippen molar-refractivity contribution in [2.45, 2.75) is 31.1 Å². The Morgan fingerprint density at radius 1 is 0.915 bits per heavy atom. The molecule has 4 aliphatic rings. The third-order valence-corrected chi connectivity index (χ3v) is 10.3. The van der Waals surface area contributed by atoms with Crippen LogP contribution < -0.4 is 10.2 Å². The monoisotopic (exact) mass is 635 g/mol. The molecule has 5 amide bonds. The molecule has 7 rings (SSSR count).